The fourth-order valence-corrected chi connectivity index (χ4v) is 2.07. The quantitative estimate of drug-likeness (QED) is 0.0876. The monoisotopic (exact) mass is 579 g/mol. The number of carboxylic acid groups (broad SMARTS) is 4. The van der Waals surface area contributed by atoms with Crippen LogP contribution in [0.25, 0.3) is 0 Å². The van der Waals surface area contributed by atoms with Crippen LogP contribution in [0.1, 0.15) is 44.2 Å². The summed E-state index contributed by atoms with van der Waals surface area (Å²) in [5.41, 5.74) is 35.7. The van der Waals surface area contributed by atoms with E-state index in [0.717, 1.165) is 12.8 Å². The van der Waals surface area contributed by atoms with Gasteiger partial charge in [-0.2, -0.15) is 0 Å². The van der Waals surface area contributed by atoms with Crippen molar-refractivity contribution in [3.63, 3.8) is 0 Å². The maximum Gasteiger partial charge on any atom is 0.321 e. The molecule has 1 aromatic rings. The van der Waals surface area contributed by atoms with Crippen LogP contribution in [-0.4, -0.2) is 96.8 Å². The molecule has 1 aromatic heterocycles. The van der Waals surface area contributed by atoms with Crippen molar-refractivity contribution in [2.24, 2.45) is 40.1 Å². The maximum absolute atomic E-state index is 10.3. The molecule has 19 heteroatoms. The number of carbonyl (C=O) groups excluding carboxylic acids is 2. The van der Waals surface area contributed by atoms with Gasteiger partial charge in [-0.3, -0.25) is 28.8 Å². The number of primary amides is 2. The van der Waals surface area contributed by atoms with Crippen LogP contribution in [0.3, 0.4) is 0 Å². The summed E-state index contributed by atoms with van der Waals surface area (Å²) < 4.78 is 0. The van der Waals surface area contributed by atoms with E-state index in [1.54, 1.807) is 6.20 Å². The Morgan fingerprint density at radius 2 is 1.20 bits per heavy atom. The van der Waals surface area contributed by atoms with Gasteiger partial charge in [0.05, 0.1) is 18.4 Å². The number of carboxylic acids is 4. The molecule has 1 rings (SSSR count). The molecule has 4 unspecified atom stereocenters. The van der Waals surface area contributed by atoms with E-state index in [0.29, 0.717) is 18.7 Å². The van der Waals surface area contributed by atoms with E-state index in [2.05, 4.69) is 15.7 Å². The van der Waals surface area contributed by atoms with Crippen LogP contribution in [-0.2, 0) is 35.2 Å². The topological polar surface area (TPSA) is 394 Å². The highest BCUT2D eigenvalue weighted by Gasteiger charge is 2.14. The molecule has 19 nitrogen and oxygen atoms in total. The van der Waals surface area contributed by atoms with Gasteiger partial charge in [0.15, 0.2) is 0 Å². The van der Waals surface area contributed by atoms with Crippen molar-refractivity contribution in [1.82, 2.24) is 9.97 Å². The van der Waals surface area contributed by atoms with E-state index >= 15 is 0 Å². The highest BCUT2D eigenvalue weighted by molar-refractivity contribution is 5.83. The maximum atomic E-state index is 10.3. The fraction of sp³-hybridized carbons (Fsp3) is 0.571. The summed E-state index contributed by atoms with van der Waals surface area (Å²) in [5.74, 6) is -5.50. The molecule has 0 fully saturated rings. The zero-order valence-electron chi connectivity index (χ0n) is 21.8. The predicted octanol–water partition coefficient (Wildman–Crippen LogP) is -4.17. The summed E-state index contributed by atoms with van der Waals surface area (Å²) in [6.07, 6.45) is 5.36. The minimum Gasteiger partial charge on any atom is -0.480 e. The van der Waals surface area contributed by atoms with Crippen molar-refractivity contribution in [3.8, 4) is 0 Å². The molecule has 2 amide bonds. The second kappa shape index (κ2) is 23.9. The standard InChI is InChI=1S/C6H9N3O2.C6H14N2O2.C5H10N2O3.C4H8N2O3/c7-5(6(10)11)1-4-2-8-3-9-4;7-4-2-1-3-5(8)6(9)10;6-3(5(9)10)1-2-4(7)8;5-2(4(8)9)1-3(6)7/h2-3,5H,1,7H2,(H,8,9)(H,10,11);5H,1-4,7-8H2,(H,9,10);3H,1-2,6H2,(H2,7,8)(H,9,10);2H,1,5H2,(H2,6,7)(H,8,9). The van der Waals surface area contributed by atoms with Crippen LogP contribution in [0, 0.1) is 0 Å². The number of hydrogen-bond donors (Lipinski definition) is 12. The summed E-state index contributed by atoms with van der Waals surface area (Å²) in [5, 5.41) is 33.1. The van der Waals surface area contributed by atoms with E-state index in [1.807, 2.05) is 0 Å². The minimum atomic E-state index is -1.21. The third kappa shape index (κ3) is 26.9. The molecule has 1 heterocycles. The Bertz CT molecular complexity index is 899. The molecule has 4 atom stereocenters. The molecule has 40 heavy (non-hydrogen) atoms. The van der Waals surface area contributed by atoms with Gasteiger partial charge in [-0.15, -0.1) is 0 Å². The lowest BCUT2D eigenvalue weighted by molar-refractivity contribution is -0.140. The third-order valence-electron chi connectivity index (χ3n) is 4.34. The van der Waals surface area contributed by atoms with Gasteiger partial charge in [-0.1, -0.05) is 6.42 Å². The Balaban J connectivity index is -0.000000458. The van der Waals surface area contributed by atoms with Gasteiger partial charge in [0.2, 0.25) is 11.8 Å². The van der Waals surface area contributed by atoms with Crippen LogP contribution in [0.5, 0.6) is 0 Å². The van der Waals surface area contributed by atoms with Crippen LogP contribution in [0.2, 0.25) is 0 Å². The average molecular weight is 580 g/mol. The first-order chi connectivity index (χ1) is 18.5. The molecule has 19 N–H and O–H groups in total. The number of aromatic amines is 1. The third-order valence-corrected chi connectivity index (χ3v) is 4.34. The molecule has 0 aliphatic carbocycles. The van der Waals surface area contributed by atoms with Crippen LogP contribution >= 0.6 is 0 Å². The summed E-state index contributed by atoms with van der Waals surface area (Å²) in [4.78, 5) is 67.0. The number of amides is 2. The van der Waals surface area contributed by atoms with E-state index in [1.165, 1.54) is 6.33 Å². The number of aliphatic carboxylic acids is 4. The number of nitrogens with one attached hydrogen (secondary N) is 1. The Hall–Kier alpha value is -4.17. The molecule has 0 aliphatic rings. The number of nitrogens with two attached hydrogens (primary N) is 7. The number of nitrogens with zero attached hydrogens (tertiary/aromatic N) is 1. The van der Waals surface area contributed by atoms with Crippen molar-refractivity contribution in [2.75, 3.05) is 6.54 Å². The summed E-state index contributed by atoms with van der Waals surface area (Å²) in [7, 11) is 0. The Morgan fingerprint density at radius 3 is 1.52 bits per heavy atom. The zero-order chi connectivity index (χ0) is 31.8. The summed E-state index contributed by atoms with van der Waals surface area (Å²) in [6.45, 7) is 0.604. The molecule has 0 aromatic carbocycles. The first-order valence-corrected chi connectivity index (χ1v) is 11.6. The highest BCUT2D eigenvalue weighted by Crippen LogP contribution is 1.97. The number of carbonyl (C=O) groups is 6. The molecule has 0 radical (unpaired) electrons. The molecular formula is C21H41N9O10. The molecule has 0 bridgehead atoms. The number of rotatable bonds is 15. The van der Waals surface area contributed by atoms with Crippen molar-refractivity contribution in [2.45, 2.75) is 69.1 Å². The van der Waals surface area contributed by atoms with Crippen molar-refractivity contribution in [1.29, 1.82) is 0 Å². The van der Waals surface area contributed by atoms with E-state index in [4.69, 9.17) is 54.8 Å². The molecule has 0 spiro atoms. The highest BCUT2D eigenvalue weighted by atomic mass is 16.4. The van der Waals surface area contributed by atoms with Crippen LogP contribution in [0.15, 0.2) is 12.5 Å². The molecule has 0 saturated carbocycles. The minimum absolute atomic E-state index is 0.0213. The van der Waals surface area contributed by atoms with Crippen molar-refractivity contribution < 1.29 is 49.2 Å². The first-order valence-electron chi connectivity index (χ1n) is 11.6. The molecular weight excluding hydrogens is 538 g/mol. The first kappa shape index (κ1) is 40.3. The summed E-state index contributed by atoms with van der Waals surface area (Å²) in [6, 6.07) is -3.72. The number of aromatic nitrogens is 2. The number of H-pyrrole nitrogens is 1. The number of hydrogen-bond acceptors (Lipinski definition) is 12. The predicted molar refractivity (Wildman–Crippen MR) is 140 cm³/mol. The Kier molecular flexibility index (Phi) is 24.1. The van der Waals surface area contributed by atoms with E-state index in [-0.39, 0.29) is 25.7 Å². The molecule has 0 saturated heterocycles. The largest absolute Gasteiger partial charge is 0.480 e. The summed E-state index contributed by atoms with van der Waals surface area (Å²) >= 11 is 0. The Morgan fingerprint density at radius 1 is 0.725 bits per heavy atom. The van der Waals surface area contributed by atoms with Gasteiger partial charge in [0, 0.05) is 19.0 Å². The van der Waals surface area contributed by atoms with Gasteiger partial charge in [0.25, 0.3) is 0 Å². The van der Waals surface area contributed by atoms with Crippen molar-refractivity contribution >= 4 is 35.7 Å². The number of unbranched alkanes of at least 4 members (excludes halogenated alkanes) is 1. The normalized spacial score (nSPS) is 12.7. The van der Waals surface area contributed by atoms with Gasteiger partial charge in [-0.05, 0) is 25.8 Å². The number of imidazole rings is 1. The molecule has 0 aliphatic heterocycles. The van der Waals surface area contributed by atoms with Gasteiger partial charge < -0.3 is 65.5 Å². The lowest BCUT2D eigenvalue weighted by Gasteiger charge is -2.03. The van der Waals surface area contributed by atoms with Crippen LogP contribution in [0.4, 0.5) is 0 Å². The van der Waals surface area contributed by atoms with Crippen LogP contribution < -0.4 is 40.1 Å². The lowest BCUT2D eigenvalue weighted by Crippen LogP contribution is -2.34. The van der Waals surface area contributed by atoms with Gasteiger partial charge >= 0.3 is 23.9 Å². The second-order valence-electron chi connectivity index (χ2n) is 8.00. The van der Waals surface area contributed by atoms with E-state index in [9.17, 15) is 28.8 Å². The fourth-order valence-electron chi connectivity index (χ4n) is 2.07. The second-order valence-corrected chi connectivity index (χ2v) is 8.00. The SMILES string of the molecule is NC(=O)CC(N)C(=O)O.NC(=O)CCC(N)C(=O)O.NC(Cc1c[nH]cn1)C(=O)O.NCCCCC(N)C(=O)O. The zero-order valence-corrected chi connectivity index (χ0v) is 21.8. The average Bonchev–Trinajstić information content (AvgIpc) is 3.36. The lowest BCUT2D eigenvalue weighted by atomic mass is 10.1. The van der Waals surface area contributed by atoms with E-state index < -0.39 is 59.9 Å². The van der Waals surface area contributed by atoms with Crippen molar-refractivity contribution in [3.05, 3.63) is 18.2 Å². The van der Waals surface area contributed by atoms with Gasteiger partial charge in [0.1, 0.15) is 24.2 Å². The Labute approximate surface area is 229 Å². The molecule has 230 valence electrons. The van der Waals surface area contributed by atoms with Gasteiger partial charge in [-0.25, -0.2) is 4.98 Å². The smallest absolute Gasteiger partial charge is 0.321 e.